The van der Waals surface area contributed by atoms with Crippen LogP contribution in [0.25, 0.3) is 0 Å². The summed E-state index contributed by atoms with van der Waals surface area (Å²) in [7, 11) is 1.64. The Balaban J connectivity index is 1.79. The van der Waals surface area contributed by atoms with E-state index in [9.17, 15) is 4.79 Å². The Hall–Kier alpha value is -0.690. The van der Waals surface area contributed by atoms with Gasteiger partial charge in [-0.05, 0) is 5.92 Å². The van der Waals surface area contributed by atoms with Gasteiger partial charge in [-0.25, -0.2) is 0 Å². The van der Waals surface area contributed by atoms with E-state index in [2.05, 4.69) is 4.90 Å². The SMILES string of the molecule is COCCOCCOCCN1CC(CC(=O)O)C1. The molecular formula is C12H23NO5. The zero-order chi connectivity index (χ0) is 13.2. The molecule has 0 saturated carbocycles. The van der Waals surface area contributed by atoms with Gasteiger partial charge in [-0.3, -0.25) is 4.79 Å². The number of nitrogens with zero attached hydrogens (tertiary/aromatic N) is 1. The van der Waals surface area contributed by atoms with E-state index in [1.165, 1.54) is 0 Å². The van der Waals surface area contributed by atoms with Crippen LogP contribution in [0.2, 0.25) is 0 Å². The second kappa shape index (κ2) is 9.27. The second-order valence-electron chi connectivity index (χ2n) is 4.44. The predicted octanol–water partition coefficient (Wildman–Crippen LogP) is 0.0725. The fourth-order valence-electron chi connectivity index (χ4n) is 1.89. The molecule has 1 rings (SSSR count). The van der Waals surface area contributed by atoms with E-state index in [0.717, 1.165) is 19.6 Å². The summed E-state index contributed by atoms with van der Waals surface area (Å²) >= 11 is 0. The van der Waals surface area contributed by atoms with Gasteiger partial charge in [0.25, 0.3) is 0 Å². The van der Waals surface area contributed by atoms with Crippen LogP contribution < -0.4 is 0 Å². The van der Waals surface area contributed by atoms with Crippen molar-refractivity contribution >= 4 is 5.97 Å². The van der Waals surface area contributed by atoms with Gasteiger partial charge < -0.3 is 24.2 Å². The van der Waals surface area contributed by atoms with Gasteiger partial charge in [0.05, 0.1) is 39.5 Å². The first-order chi connectivity index (χ1) is 8.72. The van der Waals surface area contributed by atoms with Crippen LogP contribution in [0, 0.1) is 5.92 Å². The molecule has 18 heavy (non-hydrogen) atoms. The van der Waals surface area contributed by atoms with Crippen molar-refractivity contribution < 1.29 is 24.1 Å². The van der Waals surface area contributed by atoms with Crippen molar-refractivity contribution in [3.63, 3.8) is 0 Å². The Bertz CT molecular complexity index is 231. The minimum atomic E-state index is -0.705. The van der Waals surface area contributed by atoms with Crippen LogP contribution in [0.1, 0.15) is 6.42 Å². The van der Waals surface area contributed by atoms with Crippen molar-refractivity contribution in [1.29, 1.82) is 0 Å². The number of hydrogen-bond donors (Lipinski definition) is 1. The molecule has 0 atom stereocenters. The van der Waals surface area contributed by atoms with E-state index in [1.54, 1.807) is 7.11 Å². The summed E-state index contributed by atoms with van der Waals surface area (Å²) < 4.78 is 15.5. The lowest BCUT2D eigenvalue weighted by atomic mass is 9.97. The van der Waals surface area contributed by atoms with Crippen LogP contribution in [0.4, 0.5) is 0 Å². The number of aliphatic carboxylic acids is 1. The minimum absolute atomic E-state index is 0.282. The number of carboxylic acid groups (broad SMARTS) is 1. The molecule has 1 aliphatic heterocycles. The van der Waals surface area contributed by atoms with Crippen molar-refractivity contribution in [3.05, 3.63) is 0 Å². The largest absolute Gasteiger partial charge is 0.481 e. The van der Waals surface area contributed by atoms with E-state index >= 15 is 0 Å². The fraction of sp³-hybridized carbons (Fsp3) is 0.917. The van der Waals surface area contributed by atoms with Crippen LogP contribution in [0.3, 0.4) is 0 Å². The molecule has 0 unspecified atom stereocenters. The smallest absolute Gasteiger partial charge is 0.303 e. The van der Waals surface area contributed by atoms with Crippen molar-refractivity contribution in [2.45, 2.75) is 6.42 Å². The van der Waals surface area contributed by atoms with Crippen molar-refractivity contribution in [3.8, 4) is 0 Å². The second-order valence-corrected chi connectivity index (χ2v) is 4.44. The lowest BCUT2D eigenvalue weighted by Gasteiger charge is -2.38. The molecule has 6 nitrogen and oxygen atoms in total. The van der Waals surface area contributed by atoms with Gasteiger partial charge in [0.2, 0.25) is 0 Å². The third kappa shape index (κ3) is 6.90. The van der Waals surface area contributed by atoms with E-state index in [-0.39, 0.29) is 6.42 Å². The summed E-state index contributed by atoms with van der Waals surface area (Å²) in [4.78, 5) is 12.7. The van der Waals surface area contributed by atoms with Gasteiger partial charge >= 0.3 is 5.97 Å². The van der Waals surface area contributed by atoms with E-state index in [4.69, 9.17) is 19.3 Å². The first-order valence-electron chi connectivity index (χ1n) is 6.31. The average molecular weight is 261 g/mol. The number of likely N-dealkylation sites (tertiary alicyclic amines) is 1. The predicted molar refractivity (Wildman–Crippen MR) is 65.7 cm³/mol. The summed E-state index contributed by atoms with van der Waals surface area (Å²) in [6.45, 7) is 5.68. The topological polar surface area (TPSA) is 68.2 Å². The molecule has 0 amide bonds. The van der Waals surface area contributed by atoms with E-state index in [0.29, 0.717) is 39.0 Å². The molecule has 1 saturated heterocycles. The Kier molecular flexibility index (Phi) is 7.91. The van der Waals surface area contributed by atoms with Gasteiger partial charge in [0.15, 0.2) is 0 Å². The van der Waals surface area contributed by atoms with Crippen molar-refractivity contribution in [2.75, 3.05) is 59.8 Å². The maximum absolute atomic E-state index is 10.5. The highest BCUT2D eigenvalue weighted by Gasteiger charge is 2.27. The molecule has 0 bridgehead atoms. The highest BCUT2D eigenvalue weighted by Crippen LogP contribution is 2.17. The van der Waals surface area contributed by atoms with Gasteiger partial charge in [-0.15, -0.1) is 0 Å². The lowest BCUT2D eigenvalue weighted by Crippen LogP contribution is -2.48. The molecular weight excluding hydrogens is 238 g/mol. The maximum Gasteiger partial charge on any atom is 0.303 e. The normalized spacial score (nSPS) is 16.7. The summed E-state index contributed by atoms with van der Waals surface area (Å²) in [5.74, 6) is -0.385. The van der Waals surface area contributed by atoms with Gasteiger partial charge in [-0.1, -0.05) is 0 Å². The zero-order valence-corrected chi connectivity index (χ0v) is 11.0. The molecule has 0 radical (unpaired) electrons. The Morgan fingerprint density at radius 1 is 1.17 bits per heavy atom. The van der Waals surface area contributed by atoms with Crippen molar-refractivity contribution in [2.24, 2.45) is 5.92 Å². The Labute approximate surface area is 108 Å². The third-order valence-corrected chi connectivity index (χ3v) is 2.85. The maximum atomic E-state index is 10.5. The molecule has 1 fully saturated rings. The monoisotopic (exact) mass is 261 g/mol. The van der Waals surface area contributed by atoms with E-state index < -0.39 is 5.97 Å². The molecule has 1 aliphatic rings. The summed E-state index contributed by atoms with van der Waals surface area (Å²) in [6.07, 6.45) is 0.282. The van der Waals surface area contributed by atoms with Crippen LogP contribution in [-0.2, 0) is 19.0 Å². The molecule has 0 aromatic heterocycles. The number of ether oxygens (including phenoxy) is 3. The highest BCUT2D eigenvalue weighted by molar-refractivity contribution is 5.67. The molecule has 6 heteroatoms. The summed E-state index contributed by atoms with van der Waals surface area (Å²) in [6, 6.07) is 0. The average Bonchev–Trinajstić information content (AvgIpc) is 2.28. The van der Waals surface area contributed by atoms with Crippen molar-refractivity contribution in [1.82, 2.24) is 4.90 Å². The van der Waals surface area contributed by atoms with Gasteiger partial charge in [0, 0.05) is 26.7 Å². The molecule has 0 aromatic rings. The molecule has 1 heterocycles. The first-order valence-corrected chi connectivity index (χ1v) is 6.31. The Morgan fingerprint density at radius 3 is 2.39 bits per heavy atom. The van der Waals surface area contributed by atoms with Gasteiger partial charge in [-0.2, -0.15) is 0 Å². The molecule has 0 spiro atoms. The molecule has 0 aliphatic carbocycles. The number of carboxylic acids is 1. The molecule has 106 valence electrons. The minimum Gasteiger partial charge on any atom is -0.481 e. The van der Waals surface area contributed by atoms with Crippen LogP contribution in [-0.4, -0.2) is 75.8 Å². The summed E-state index contributed by atoms with van der Waals surface area (Å²) in [5.41, 5.74) is 0. The standard InChI is InChI=1S/C12H23NO5/c1-16-4-5-18-7-6-17-3-2-13-9-11(10-13)8-12(14)15/h11H,2-10H2,1H3,(H,14,15). The third-order valence-electron chi connectivity index (χ3n) is 2.85. The Morgan fingerprint density at radius 2 is 1.78 bits per heavy atom. The number of hydrogen-bond acceptors (Lipinski definition) is 5. The zero-order valence-electron chi connectivity index (χ0n) is 11.0. The lowest BCUT2D eigenvalue weighted by molar-refractivity contribution is -0.139. The van der Waals surface area contributed by atoms with Crippen LogP contribution in [0.5, 0.6) is 0 Å². The number of methoxy groups -OCH3 is 1. The highest BCUT2D eigenvalue weighted by atomic mass is 16.5. The quantitative estimate of drug-likeness (QED) is 0.531. The first kappa shape index (κ1) is 15.4. The van der Waals surface area contributed by atoms with Crippen LogP contribution in [0.15, 0.2) is 0 Å². The number of rotatable bonds is 11. The molecule has 1 N–H and O–H groups in total. The number of carbonyl (C=O) groups is 1. The van der Waals surface area contributed by atoms with E-state index in [1.807, 2.05) is 0 Å². The molecule has 0 aromatic carbocycles. The van der Waals surface area contributed by atoms with Crippen LogP contribution >= 0.6 is 0 Å². The fourth-order valence-corrected chi connectivity index (χ4v) is 1.89. The van der Waals surface area contributed by atoms with Gasteiger partial charge in [0.1, 0.15) is 0 Å². The summed E-state index contributed by atoms with van der Waals surface area (Å²) in [5, 5.41) is 8.60.